The molecule has 3 aromatic rings. The van der Waals surface area contributed by atoms with Crippen molar-refractivity contribution in [3.63, 3.8) is 0 Å². The van der Waals surface area contributed by atoms with Crippen LogP contribution in [-0.4, -0.2) is 32.1 Å². The van der Waals surface area contributed by atoms with E-state index in [9.17, 15) is 13.2 Å². The molecule has 0 aliphatic rings. The molecule has 2 heterocycles. The van der Waals surface area contributed by atoms with Crippen LogP contribution in [0.15, 0.2) is 36.7 Å². The SMILES string of the molecule is COc1ccnc(-c2cc(C(C)C)ccc2-n2cc(C(F)(F)F)nn2)n1. The summed E-state index contributed by atoms with van der Waals surface area (Å²) in [6, 6.07) is 6.94. The summed E-state index contributed by atoms with van der Waals surface area (Å²) in [5.74, 6) is 0.895. The van der Waals surface area contributed by atoms with Crippen LogP contribution in [0.4, 0.5) is 13.2 Å². The molecule has 0 saturated carbocycles. The highest BCUT2D eigenvalue weighted by molar-refractivity contribution is 5.68. The number of hydrogen-bond donors (Lipinski definition) is 0. The number of halogens is 3. The molecule has 0 saturated heterocycles. The fourth-order valence-electron chi connectivity index (χ4n) is 2.39. The van der Waals surface area contributed by atoms with Crippen LogP contribution in [0, 0.1) is 0 Å². The molecule has 2 aromatic heterocycles. The van der Waals surface area contributed by atoms with E-state index in [0.717, 1.165) is 16.4 Å². The molecule has 136 valence electrons. The van der Waals surface area contributed by atoms with E-state index in [2.05, 4.69) is 20.3 Å². The maximum atomic E-state index is 12.9. The topological polar surface area (TPSA) is 65.7 Å². The van der Waals surface area contributed by atoms with E-state index in [-0.39, 0.29) is 5.92 Å². The van der Waals surface area contributed by atoms with Crippen LogP contribution in [0.2, 0.25) is 0 Å². The molecule has 0 atom stereocenters. The Morgan fingerprint density at radius 3 is 2.54 bits per heavy atom. The Morgan fingerprint density at radius 2 is 1.92 bits per heavy atom. The van der Waals surface area contributed by atoms with Gasteiger partial charge in [0.25, 0.3) is 0 Å². The largest absolute Gasteiger partial charge is 0.481 e. The third-order valence-corrected chi connectivity index (χ3v) is 3.80. The monoisotopic (exact) mass is 363 g/mol. The maximum absolute atomic E-state index is 12.9. The second-order valence-electron chi connectivity index (χ2n) is 5.90. The molecule has 6 nitrogen and oxygen atoms in total. The van der Waals surface area contributed by atoms with Gasteiger partial charge in [-0.3, -0.25) is 0 Å². The van der Waals surface area contributed by atoms with Crippen LogP contribution in [0.3, 0.4) is 0 Å². The summed E-state index contributed by atoms with van der Waals surface area (Å²) in [4.78, 5) is 8.51. The van der Waals surface area contributed by atoms with Gasteiger partial charge in [0.05, 0.1) is 19.0 Å². The van der Waals surface area contributed by atoms with Crippen LogP contribution in [0.25, 0.3) is 17.1 Å². The highest BCUT2D eigenvalue weighted by atomic mass is 19.4. The minimum atomic E-state index is -4.57. The molecule has 26 heavy (non-hydrogen) atoms. The van der Waals surface area contributed by atoms with Crippen LogP contribution in [0.1, 0.15) is 31.0 Å². The van der Waals surface area contributed by atoms with Crippen molar-refractivity contribution in [2.75, 3.05) is 7.11 Å². The van der Waals surface area contributed by atoms with Crippen LogP contribution >= 0.6 is 0 Å². The van der Waals surface area contributed by atoms with Crippen molar-refractivity contribution in [1.82, 2.24) is 25.0 Å². The van der Waals surface area contributed by atoms with E-state index in [1.807, 2.05) is 26.0 Å². The molecular weight excluding hydrogens is 347 g/mol. The predicted octanol–water partition coefficient (Wildman–Crippen LogP) is 3.88. The van der Waals surface area contributed by atoms with Gasteiger partial charge in [-0.1, -0.05) is 25.1 Å². The summed E-state index contributed by atoms with van der Waals surface area (Å²) < 4.78 is 44.7. The van der Waals surface area contributed by atoms with Crippen molar-refractivity contribution in [1.29, 1.82) is 0 Å². The summed E-state index contributed by atoms with van der Waals surface area (Å²) in [5.41, 5.74) is 0.855. The number of rotatable bonds is 4. The lowest BCUT2D eigenvalue weighted by Crippen LogP contribution is -2.05. The van der Waals surface area contributed by atoms with Crippen molar-refractivity contribution >= 4 is 0 Å². The number of benzene rings is 1. The summed E-state index contributed by atoms with van der Waals surface area (Å²) in [7, 11) is 1.48. The average Bonchev–Trinajstić information content (AvgIpc) is 3.11. The normalized spacial score (nSPS) is 11.8. The number of ether oxygens (including phenoxy) is 1. The highest BCUT2D eigenvalue weighted by Crippen LogP contribution is 2.31. The molecular formula is C17H16F3N5O. The summed E-state index contributed by atoms with van der Waals surface area (Å²) in [6.07, 6.45) is -2.20. The van der Waals surface area contributed by atoms with Crippen molar-refractivity contribution in [3.8, 4) is 23.0 Å². The van der Waals surface area contributed by atoms with Gasteiger partial charge in [-0.25, -0.2) is 9.67 Å². The van der Waals surface area contributed by atoms with Gasteiger partial charge >= 0.3 is 6.18 Å². The molecule has 1 aromatic carbocycles. The molecule has 3 rings (SSSR count). The third-order valence-electron chi connectivity index (χ3n) is 3.80. The molecule has 0 bridgehead atoms. The summed E-state index contributed by atoms with van der Waals surface area (Å²) >= 11 is 0. The Bertz CT molecular complexity index is 921. The van der Waals surface area contributed by atoms with E-state index in [4.69, 9.17) is 4.74 Å². The van der Waals surface area contributed by atoms with Crippen LogP contribution in [0.5, 0.6) is 5.88 Å². The fourth-order valence-corrected chi connectivity index (χ4v) is 2.39. The van der Waals surface area contributed by atoms with Crippen molar-refractivity contribution in [2.24, 2.45) is 0 Å². The molecule has 0 spiro atoms. The molecule has 0 fully saturated rings. The first kappa shape index (κ1) is 17.8. The Labute approximate surface area is 147 Å². The number of methoxy groups -OCH3 is 1. The molecule has 0 unspecified atom stereocenters. The van der Waals surface area contributed by atoms with Gasteiger partial charge in [0.1, 0.15) is 0 Å². The maximum Gasteiger partial charge on any atom is 0.436 e. The summed E-state index contributed by atoms with van der Waals surface area (Å²) in [5, 5.41) is 6.83. The van der Waals surface area contributed by atoms with E-state index >= 15 is 0 Å². The Hall–Kier alpha value is -2.97. The molecule has 0 amide bonds. The lowest BCUT2D eigenvalue weighted by molar-refractivity contribution is -0.141. The van der Waals surface area contributed by atoms with E-state index in [0.29, 0.717) is 23.0 Å². The van der Waals surface area contributed by atoms with Gasteiger partial charge in [0.15, 0.2) is 11.5 Å². The first-order chi connectivity index (χ1) is 12.3. The second kappa shape index (κ2) is 6.74. The number of nitrogens with zero attached hydrogens (tertiary/aromatic N) is 5. The fraction of sp³-hybridized carbons (Fsp3) is 0.294. The van der Waals surface area contributed by atoms with Crippen LogP contribution < -0.4 is 4.74 Å². The highest BCUT2D eigenvalue weighted by Gasteiger charge is 2.34. The smallest absolute Gasteiger partial charge is 0.436 e. The quantitative estimate of drug-likeness (QED) is 0.704. The van der Waals surface area contributed by atoms with Gasteiger partial charge < -0.3 is 4.74 Å². The molecule has 0 aliphatic heterocycles. The average molecular weight is 363 g/mol. The van der Waals surface area contributed by atoms with Crippen molar-refractivity contribution in [3.05, 3.63) is 47.9 Å². The first-order valence-corrected chi connectivity index (χ1v) is 7.81. The van der Waals surface area contributed by atoms with Crippen molar-refractivity contribution in [2.45, 2.75) is 25.9 Å². The van der Waals surface area contributed by atoms with E-state index in [1.165, 1.54) is 13.3 Å². The molecule has 0 radical (unpaired) electrons. The lowest BCUT2D eigenvalue weighted by Gasteiger charge is -2.13. The minimum Gasteiger partial charge on any atom is -0.481 e. The minimum absolute atomic E-state index is 0.217. The van der Waals surface area contributed by atoms with Gasteiger partial charge in [-0.2, -0.15) is 18.2 Å². The van der Waals surface area contributed by atoms with Crippen molar-refractivity contribution < 1.29 is 17.9 Å². The van der Waals surface area contributed by atoms with Gasteiger partial charge in [0, 0.05) is 17.8 Å². The zero-order valence-electron chi connectivity index (χ0n) is 14.3. The summed E-state index contributed by atoms with van der Waals surface area (Å²) in [6.45, 7) is 4.03. The molecule has 9 heteroatoms. The number of alkyl halides is 3. The molecule has 0 N–H and O–H groups in total. The Morgan fingerprint density at radius 1 is 1.15 bits per heavy atom. The second-order valence-corrected chi connectivity index (χ2v) is 5.90. The van der Waals surface area contributed by atoms with Gasteiger partial charge in [0.2, 0.25) is 5.88 Å². The van der Waals surface area contributed by atoms with Crippen LogP contribution in [-0.2, 0) is 6.18 Å². The number of hydrogen-bond acceptors (Lipinski definition) is 5. The predicted molar refractivity (Wildman–Crippen MR) is 88.0 cm³/mol. The van der Waals surface area contributed by atoms with Gasteiger partial charge in [-0.15, -0.1) is 5.10 Å². The lowest BCUT2D eigenvalue weighted by atomic mass is 9.99. The zero-order valence-corrected chi connectivity index (χ0v) is 14.3. The standard InChI is InChI=1S/C17H16F3N5O/c1-10(2)11-4-5-13(25-9-14(23-24-25)17(18,19)20)12(8-11)16-21-7-6-15(22-16)26-3/h4-10H,1-3H3. The third kappa shape index (κ3) is 3.51. The van der Waals surface area contributed by atoms with Gasteiger partial charge in [-0.05, 0) is 23.6 Å². The zero-order chi connectivity index (χ0) is 18.9. The number of aromatic nitrogens is 5. The molecule has 0 aliphatic carbocycles. The first-order valence-electron chi connectivity index (χ1n) is 7.81. The Kier molecular flexibility index (Phi) is 4.62. The van der Waals surface area contributed by atoms with E-state index < -0.39 is 11.9 Å². The Balaban J connectivity index is 2.17. The van der Waals surface area contributed by atoms with E-state index in [1.54, 1.807) is 12.1 Å².